The third-order valence-corrected chi connectivity index (χ3v) is 2.92. The topological polar surface area (TPSA) is 3.24 Å². The predicted octanol–water partition coefficient (Wildman–Crippen LogP) is 2.30. The van der Waals surface area contributed by atoms with Gasteiger partial charge in [-0.15, -0.1) is 0 Å². The largest absolute Gasteiger partial charge is 0.352 e. The van der Waals surface area contributed by atoms with Crippen molar-refractivity contribution in [1.82, 2.24) is 4.81 Å². The minimum absolute atomic E-state index is 0.200. The van der Waals surface area contributed by atoms with Crippen LogP contribution in [0.15, 0.2) is 0 Å². The van der Waals surface area contributed by atoms with Crippen LogP contribution in [0, 0.1) is 5.92 Å². The van der Waals surface area contributed by atoms with E-state index in [9.17, 15) is 0 Å². The van der Waals surface area contributed by atoms with Crippen molar-refractivity contribution in [3.8, 4) is 0 Å². The van der Waals surface area contributed by atoms with Gasteiger partial charge in [-0.05, 0) is 23.7 Å². The van der Waals surface area contributed by atoms with Gasteiger partial charge in [0.05, 0.1) is 7.85 Å². The molecule has 0 spiro atoms. The van der Waals surface area contributed by atoms with Crippen molar-refractivity contribution in [2.24, 2.45) is 5.92 Å². The Morgan fingerprint density at radius 3 is 1.77 bits per heavy atom. The first-order valence-electron chi connectivity index (χ1n) is 4.95. The van der Waals surface area contributed by atoms with E-state index in [-0.39, 0.29) is 10.8 Å². The van der Waals surface area contributed by atoms with Gasteiger partial charge >= 0.3 is 0 Å². The highest BCUT2D eigenvalue weighted by molar-refractivity contribution is 6.38. The van der Waals surface area contributed by atoms with Crippen LogP contribution >= 0.6 is 0 Å². The molecule has 13 heavy (non-hydrogen) atoms. The lowest BCUT2D eigenvalue weighted by Crippen LogP contribution is -2.47. The number of hydrogen-bond donors (Lipinski definition) is 0. The molecule has 0 aliphatic heterocycles. The molecule has 0 aliphatic rings. The minimum atomic E-state index is -0.272. The van der Waals surface area contributed by atoms with Crippen molar-refractivity contribution < 1.29 is 0 Å². The Kier molecular flexibility index (Phi) is 4.11. The Bertz CT molecular complexity index is 159. The molecule has 0 aliphatic carbocycles. The third kappa shape index (κ3) is 4.21. The SMILES string of the molecule is [B]C(C)(C)N(C)[B]C(C)(C)C(C)C. The average Bonchev–Trinajstić information content (AvgIpc) is 1.83. The van der Waals surface area contributed by atoms with Gasteiger partial charge in [-0.2, -0.15) is 0 Å². The highest BCUT2D eigenvalue weighted by Crippen LogP contribution is 2.34. The van der Waals surface area contributed by atoms with Crippen LogP contribution in [0.1, 0.15) is 41.5 Å². The summed E-state index contributed by atoms with van der Waals surface area (Å²) in [7, 11) is 10.2. The summed E-state index contributed by atoms with van der Waals surface area (Å²) >= 11 is 0. The molecule has 0 N–H and O–H groups in total. The second-order valence-electron chi connectivity index (χ2n) is 5.37. The van der Waals surface area contributed by atoms with E-state index in [1.165, 1.54) is 0 Å². The van der Waals surface area contributed by atoms with Gasteiger partial charge in [0.2, 0.25) is 7.41 Å². The first kappa shape index (κ1) is 13.1. The summed E-state index contributed by atoms with van der Waals surface area (Å²) in [6.07, 6.45) is 0. The zero-order valence-corrected chi connectivity index (χ0v) is 10.2. The molecule has 0 atom stereocenters. The fourth-order valence-corrected chi connectivity index (χ4v) is 0.815. The summed E-state index contributed by atoms with van der Waals surface area (Å²) in [4.78, 5) is 2.09. The Morgan fingerprint density at radius 1 is 1.15 bits per heavy atom. The Labute approximate surface area is 85.9 Å². The van der Waals surface area contributed by atoms with Crippen LogP contribution in [0.4, 0.5) is 0 Å². The van der Waals surface area contributed by atoms with Crippen molar-refractivity contribution in [1.29, 1.82) is 0 Å². The number of rotatable bonds is 4. The van der Waals surface area contributed by atoms with Crippen LogP contribution in [0.25, 0.3) is 0 Å². The zero-order valence-electron chi connectivity index (χ0n) is 10.2. The van der Waals surface area contributed by atoms with Crippen LogP contribution in [0.5, 0.6) is 0 Å². The van der Waals surface area contributed by atoms with Gasteiger partial charge in [-0.3, -0.25) is 0 Å². The van der Waals surface area contributed by atoms with Crippen LogP contribution in [0.3, 0.4) is 0 Å². The molecule has 0 aromatic rings. The quantitative estimate of drug-likeness (QED) is 0.596. The Morgan fingerprint density at radius 2 is 1.54 bits per heavy atom. The molecule has 0 saturated carbocycles. The van der Waals surface area contributed by atoms with E-state index in [1.807, 2.05) is 20.9 Å². The van der Waals surface area contributed by atoms with Gasteiger partial charge in [-0.25, -0.2) is 0 Å². The molecule has 0 saturated heterocycles. The van der Waals surface area contributed by atoms with Crippen molar-refractivity contribution in [2.75, 3.05) is 7.05 Å². The van der Waals surface area contributed by atoms with Gasteiger partial charge in [0.25, 0.3) is 0 Å². The van der Waals surface area contributed by atoms with Crippen LogP contribution in [-0.2, 0) is 0 Å². The molecule has 0 amide bonds. The second kappa shape index (κ2) is 4.08. The van der Waals surface area contributed by atoms with E-state index < -0.39 is 0 Å². The average molecular weight is 178 g/mol. The van der Waals surface area contributed by atoms with E-state index in [1.54, 1.807) is 0 Å². The normalized spacial score (nSPS) is 13.9. The lowest BCUT2D eigenvalue weighted by molar-refractivity contribution is 0.353. The van der Waals surface area contributed by atoms with E-state index in [0.29, 0.717) is 5.92 Å². The van der Waals surface area contributed by atoms with E-state index in [2.05, 4.69) is 39.9 Å². The standard InChI is InChI=1S/C10H22B2N/c1-8(2)9(3,4)12-13(7)10(5,6)11/h8H,1-7H3. The summed E-state index contributed by atoms with van der Waals surface area (Å²) in [5, 5.41) is 0.200. The first-order valence-corrected chi connectivity index (χ1v) is 4.95. The molecular formula is C10H22B2N. The van der Waals surface area contributed by atoms with Crippen molar-refractivity contribution >= 4 is 15.3 Å². The molecule has 0 heterocycles. The molecule has 3 radical (unpaired) electrons. The summed E-state index contributed by atoms with van der Waals surface area (Å²) in [5.74, 6) is 0.622. The first-order chi connectivity index (χ1) is 5.57. The number of hydrogen-bond acceptors (Lipinski definition) is 1. The van der Waals surface area contributed by atoms with E-state index >= 15 is 0 Å². The van der Waals surface area contributed by atoms with Gasteiger partial charge in [0.1, 0.15) is 0 Å². The van der Waals surface area contributed by atoms with E-state index in [4.69, 9.17) is 7.85 Å². The summed E-state index contributed by atoms with van der Waals surface area (Å²) in [6, 6.07) is 0. The van der Waals surface area contributed by atoms with Gasteiger partial charge in [0.15, 0.2) is 0 Å². The maximum Gasteiger partial charge on any atom is 0.214 e. The summed E-state index contributed by atoms with van der Waals surface area (Å²) < 4.78 is 0. The predicted molar refractivity (Wildman–Crippen MR) is 62.2 cm³/mol. The Hall–Kier alpha value is 0.0899. The van der Waals surface area contributed by atoms with Crippen LogP contribution < -0.4 is 0 Å². The van der Waals surface area contributed by atoms with Gasteiger partial charge in [0, 0.05) is 0 Å². The van der Waals surface area contributed by atoms with Crippen LogP contribution in [-0.4, -0.2) is 32.6 Å². The minimum Gasteiger partial charge on any atom is -0.352 e. The highest BCUT2D eigenvalue weighted by atomic mass is 15.1. The monoisotopic (exact) mass is 178 g/mol. The van der Waals surface area contributed by atoms with Crippen molar-refractivity contribution in [2.45, 2.75) is 52.3 Å². The second-order valence-corrected chi connectivity index (χ2v) is 5.37. The maximum atomic E-state index is 5.98. The third-order valence-electron chi connectivity index (χ3n) is 2.92. The van der Waals surface area contributed by atoms with Crippen LogP contribution in [0.2, 0.25) is 5.31 Å². The summed E-state index contributed by atoms with van der Waals surface area (Å²) in [5.41, 5.74) is -0.272. The molecular weight excluding hydrogens is 156 g/mol. The zero-order chi connectivity index (χ0) is 10.9. The molecule has 3 heteroatoms. The molecule has 0 fully saturated rings. The maximum absolute atomic E-state index is 5.98. The lowest BCUT2D eigenvalue weighted by atomic mass is 9.54. The molecule has 0 bridgehead atoms. The number of nitrogens with zero attached hydrogens (tertiary/aromatic N) is 1. The summed E-state index contributed by atoms with van der Waals surface area (Å²) in [6.45, 7) is 13.0. The fourth-order valence-electron chi connectivity index (χ4n) is 0.815. The fraction of sp³-hybridized carbons (Fsp3) is 1.00. The molecule has 73 valence electrons. The Balaban J connectivity index is 4.28. The lowest BCUT2D eigenvalue weighted by Gasteiger charge is -2.39. The highest BCUT2D eigenvalue weighted by Gasteiger charge is 2.29. The molecule has 0 aromatic carbocycles. The van der Waals surface area contributed by atoms with Crippen molar-refractivity contribution in [3.05, 3.63) is 0 Å². The molecule has 0 rings (SSSR count). The molecule has 0 aromatic heterocycles. The van der Waals surface area contributed by atoms with Gasteiger partial charge in [-0.1, -0.05) is 41.5 Å². The van der Waals surface area contributed by atoms with Crippen molar-refractivity contribution in [3.63, 3.8) is 0 Å². The van der Waals surface area contributed by atoms with Gasteiger partial charge < -0.3 is 4.81 Å². The molecule has 0 unspecified atom stereocenters. The molecule has 1 nitrogen and oxygen atoms in total. The smallest absolute Gasteiger partial charge is 0.214 e. The van der Waals surface area contributed by atoms with E-state index in [0.717, 1.165) is 0 Å².